The SMILES string of the molecule is Cc1ncc(Cn2c(CCl)nc3ccc(Br)cc32)s1. The molecule has 0 fully saturated rings. The van der Waals surface area contributed by atoms with E-state index in [1.54, 1.807) is 11.3 Å². The van der Waals surface area contributed by atoms with Gasteiger partial charge in [0.1, 0.15) is 5.82 Å². The monoisotopic (exact) mass is 355 g/mol. The summed E-state index contributed by atoms with van der Waals surface area (Å²) in [7, 11) is 0. The highest BCUT2D eigenvalue weighted by molar-refractivity contribution is 9.10. The third-order valence-electron chi connectivity index (χ3n) is 2.89. The lowest BCUT2D eigenvalue weighted by molar-refractivity contribution is 0.787. The van der Waals surface area contributed by atoms with Crippen molar-refractivity contribution in [2.24, 2.45) is 0 Å². The molecule has 0 saturated carbocycles. The average Bonchev–Trinajstić information content (AvgIpc) is 2.94. The third kappa shape index (κ3) is 2.55. The summed E-state index contributed by atoms with van der Waals surface area (Å²) in [6, 6.07) is 6.07. The molecule has 0 unspecified atom stereocenters. The zero-order chi connectivity index (χ0) is 13.4. The predicted molar refractivity (Wildman–Crippen MR) is 82.9 cm³/mol. The first-order chi connectivity index (χ1) is 9.17. The zero-order valence-corrected chi connectivity index (χ0v) is 13.4. The first-order valence-corrected chi connectivity index (χ1v) is 7.93. The van der Waals surface area contributed by atoms with Gasteiger partial charge in [0.2, 0.25) is 0 Å². The molecule has 0 radical (unpaired) electrons. The van der Waals surface area contributed by atoms with Crippen molar-refractivity contribution in [1.82, 2.24) is 14.5 Å². The molecule has 0 aliphatic heterocycles. The molecule has 6 heteroatoms. The Labute approximate surface area is 128 Å². The van der Waals surface area contributed by atoms with Crippen molar-refractivity contribution >= 4 is 49.9 Å². The van der Waals surface area contributed by atoms with Crippen molar-refractivity contribution in [3.63, 3.8) is 0 Å². The van der Waals surface area contributed by atoms with E-state index in [2.05, 4.69) is 36.5 Å². The van der Waals surface area contributed by atoms with E-state index in [-0.39, 0.29) is 0 Å². The molecular weight excluding hydrogens is 346 g/mol. The molecule has 0 saturated heterocycles. The smallest absolute Gasteiger partial charge is 0.125 e. The van der Waals surface area contributed by atoms with Gasteiger partial charge in [-0.1, -0.05) is 15.9 Å². The standard InChI is InChI=1S/C13H11BrClN3S/c1-8-16-6-10(19-8)7-18-12-4-9(14)2-3-11(12)17-13(18)5-15/h2-4,6H,5,7H2,1H3. The van der Waals surface area contributed by atoms with Crippen LogP contribution in [-0.4, -0.2) is 14.5 Å². The summed E-state index contributed by atoms with van der Waals surface area (Å²) >= 11 is 11.2. The van der Waals surface area contributed by atoms with Crippen molar-refractivity contribution in [3.05, 3.63) is 44.6 Å². The Balaban J connectivity index is 2.12. The van der Waals surface area contributed by atoms with E-state index in [9.17, 15) is 0 Å². The lowest BCUT2D eigenvalue weighted by Gasteiger charge is -2.05. The van der Waals surface area contributed by atoms with Crippen molar-refractivity contribution in [1.29, 1.82) is 0 Å². The lowest BCUT2D eigenvalue weighted by Crippen LogP contribution is -2.02. The van der Waals surface area contributed by atoms with E-state index in [1.807, 2.05) is 25.3 Å². The number of benzene rings is 1. The van der Waals surface area contributed by atoms with Gasteiger partial charge in [0, 0.05) is 15.5 Å². The summed E-state index contributed by atoms with van der Waals surface area (Å²) in [5.41, 5.74) is 2.07. The van der Waals surface area contributed by atoms with Gasteiger partial charge in [-0.05, 0) is 25.1 Å². The molecule has 0 aliphatic carbocycles. The Kier molecular flexibility index (Phi) is 3.60. The number of hydrogen-bond acceptors (Lipinski definition) is 3. The van der Waals surface area contributed by atoms with Gasteiger partial charge >= 0.3 is 0 Å². The van der Waals surface area contributed by atoms with Crippen LogP contribution in [0.15, 0.2) is 28.9 Å². The molecule has 0 N–H and O–H groups in total. The van der Waals surface area contributed by atoms with E-state index < -0.39 is 0 Å². The molecular formula is C13H11BrClN3S. The molecule has 0 aliphatic rings. The van der Waals surface area contributed by atoms with E-state index in [0.29, 0.717) is 5.88 Å². The second-order valence-electron chi connectivity index (χ2n) is 4.23. The fourth-order valence-corrected chi connectivity index (χ4v) is 3.40. The minimum Gasteiger partial charge on any atom is -0.322 e. The highest BCUT2D eigenvalue weighted by Gasteiger charge is 2.11. The lowest BCUT2D eigenvalue weighted by atomic mass is 10.3. The van der Waals surface area contributed by atoms with Gasteiger partial charge < -0.3 is 4.57 Å². The Morgan fingerprint density at radius 1 is 1.42 bits per heavy atom. The van der Waals surface area contributed by atoms with Crippen LogP contribution in [-0.2, 0) is 12.4 Å². The number of nitrogens with zero attached hydrogens (tertiary/aromatic N) is 3. The van der Waals surface area contributed by atoms with E-state index in [0.717, 1.165) is 32.9 Å². The van der Waals surface area contributed by atoms with Crippen molar-refractivity contribution in [2.75, 3.05) is 0 Å². The molecule has 0 amide bonds. The fourth-order valence-electron chi connectivity index (χ4n) is 2.06. The van der Waals surface area contributed by atoms with Gasteiger partial charge in [-0.25, -0.2) is 9.97 Å². The Bertz CT molecular complexity index is 735. The normalized spacial score (nSPS) is 11.3. The van der Waals surface area contributed by atoms with Crippen LogP contribution in [0.25, 0.3) is 11.0 Å². The maximum atomic E-state index is 6.01. The number of halogens is 2. The number of hydrogen-bond donors (Lipinski definition) is 0. The minimum absolute atomic E-state index is 0.407. The van der Waals surface area contributed by atoms with Crippen LogP contribution in [0, 0.1) is 6.92 Å². The number of rotatable bonds is 3. The van der Waals surface area contributed by atoms with Gasteiger partial charge in [-0.15, -0.1) is 22.9 Å². The predicted octanol–water partition coefficient (Wildman–Crippen LogP) is 4.35. The molecule has 98 valence electrons. The molecule has 0 atom stereocenters. The van der Waals surface area contributed by atoms with Crippen LogP contribution in [0.5, 0.6) is 0 Å². The third-order valence-corrected chi connectivity index (χ3v) is 4.52. The zero-order valence-electron chi connectivity index (χ0n) is 10.2. The number of fused-ring (bicyclic) bond motifs is 1. The summed E-state index contributed by atoms with van der Waals surface area (Å²) in [6.45, 7) is 2.78. The molecule has 0 bridgehead atoms. The summed E-state index contributed by atoms with van der Waals surface area (Å²) in [5.74, 6) is 1.30. The number of aryl methyl sites for hydroxylation is 1. The maximum Gasteiger partial charge on any atom is 0.125 e. The minimum atomic E-state index is 0.407. The second kappa shape index (κ2) is 5.23. The quantitative estimate of drug-likeness (QED) is 0.653. The average molecular weight is 357 g/mol. The number of imidazole rings is 1. The molecule has 19 heavy (non-hydrogen) atoms. The highest BCUT2D eigenvalue weighted by atomic mass is 79.9. The Morgan fingerprint density at radius 2 is 2.26 bits per heavy atom. The molecule has 0 spiro atoms. The largest absolute Gasteiger partial charge is 0.322 e. The molecule has 2 heterocycles. The van der Waals surface area contributed by atoms with Crippen LogP contribution in [0.1, 0.15) is 15.7 Å². The van der Waals surface area contributed by atoms with Crippen molar-refractivity contribution in [2.45, 2.75) is 19.3 Å². The second-order valence-corrected chi connectivity index (χ2v) is 6.73. The fraction of sp³-hybridized carbons (Fsp3) is 0.231. The first-order valence-electron chi connectivity index (χ1n) is 5.79. The molecule has 3 aromatic rings. The molecule has 3 rings (SSSR count). The summed E-state index contributed by atoms with van der Waals surface area (Å²) < 4.78 is 3.20. The highest BCUT2D eigenvalue weighted by Crippen LogP contribution is 2.24. The van der Waals surface area contributed by atoms with E-state index in [4.69, 9.17) is 11.6 Å². The number of alkyl halides is 1. The van der Waals surface area contributed by atoms with Gasteiger partial charge in [0.15, 0.2) is 0 Å². The molecule has 1 aromatic carbocycles. The van der Waals surface area contributed by atoms with E-state index >= 15 is 0 Å². The van der Waals surface area contributed by atoms with Crippen LogP contribution in [0.4, 0.5) is 0 Å². The van der Waals surface area contributed by atoms with Gasteiger partial charge in [-0.3, -0.25) is 0 Å². The van der Waals surface area contributed by atoms with E-state index in [1.165, 1.54) is 4.88 Å². The van der Waals surface area contributed by atoms with Crippen LogP contribution >= 0.6 is 38.9 Å². The number of thiazole rings is 1. The van der Waals surface area contributed by atoms with Gasteiger partial charge in [0.05, 0.1) is 28.5 Å². The first kappa shape index (κ1) is 13.1. The van der Waals surface area contributed by atoms with Gasteiger partial charge in [-0.2, -0.15) is 0 Å². The summed E-state index contributed by atoms with van der Waals surface area (Å²) in [5, 5.41) is 1.08. The van der Waals surface area contributed by atoms with Crippen LogP contribution in [0.3, 0.4) is 0 Å². The van der Waals surface area contributed by atoms with Crippen molar-refractivity contribution < 1.29 is 0 Å². The Hall–Kier alpha value is -0.910. The maximum absolute atomic E-state index is 6.01. The molecule has 2 aromatic heterocycles. The summed E-state index contributed by atoms with van der Waals surface area (Å²) in [6.07, 6.45) is 1.92. The number of aromatic nitrogens is 3. The molecule has 3 nitrogen and oxygen atoms in total. The summed E-state index contributed by atoms with van der Waals surface area (Å²) in [4.78, 5) is 10.1. The topological polar surface area (TPSA) is 30.7 Å². The Morgan fingerprint density at radius 3 is 2.95 bits per heavy atom. The van der Waals surface area contributed by atoms with Gasteiger partial charge in [0.25, 0.3) is 0 Å². The van der Waals surface area contributed by atoms with Crippen LogP contribution < -0.4 is 0 Å². The van der Waals surface area contributed by atoms with Crippen LogP contribution in [0.2, 0.25) is 0 Å². The van der Waals surface area contributed by atoms with Crippen molar-refractivity contribution in [3.8, 4) is 0 Å².